The van der Waals surface area contributed by atoms with Gasteiger partial charge in [-0.3, -0.25) is 9.59 Å². The average Bonchev–Trinajstić information content (AvgIpc) is 2.95. The highest BCUT2D eigenvalue weighted by molar-refractivity contribution is 7.45. The lowest BCUT2D eigenvalue weighted by atomic mass is 9.82. The predicted octanol–water partition coefficient (Wildman–Crippen LogP) is 5.75. The molecule has 15 heteroatoms. The molecular formula is C31H66O13P2. The van der Waals surface area contributed by atoms with Crippen LogP contribution in [0.25, 0.3) is 0 Å². The maximum Gasteiger partial charge on any atom is 0.466 e. The molecule has 13 nitrogen and oxygen atoms in total. The van der Waals surface area contributed by atoms with E-state index in [0.717, 1.165) is 38.5 Å². The number of unbranched alkanes of at least 4 members (excludes halogenated alkanes) is 20. The van der Waals surface area contributed by atoms with Gasteiger partial charge in [-0.15, -0.1) is 0 Å². The Morgan fingerprint density at radius 2 is 0.696 bits per heavy atom. The van der Waals surface area contributed by atoms with Crippen LogP contribution in [0.2, 0.25) is 0 Å². The maximum atomic E-state index is 12.7. The number of carbonyl (C=O) groups is 2. The molecule has 0 aliphatic heterocycles. The van der Waals surface area contributed by atoms with Crippen molar-refractivity contribution < 1.29 is 63.4 Å². The van der Waals surface area contributed by atoms with Crippen molar-refractivity contribution in [3.8, 4) is 0 Å². The number of carbonyl (C=O) groups excluding carboxylic acids is 2. The van der Waals surface area contributed by atoms with Gasteiger partial charge in [0.1, 0.15) is 6.10 Å². The van der Waals surface area contributed by atoms with Gasteiger partial charge in [0.15, 0.2) is 11.6 Å². The first-order valence-corrected chi connectivity index (χ1v) is 20.2. The lowest BCUT2D eigenvalue weighted by Crippen LogP contribution is -2.57. The van der Waals surface area contributed by atoms with Gasteiger partial charge >= 0.3 is 15.6 Å². The van der Waals surface area contributed by atoms with Gasteiger partial charge in [0, 0.05) is 12.8 Å². The van der Waals surface area contributed by atoms with E-state index >= 15 is 0 Å². The lowest BCUT2D eigenvalue weighted by Gasteiger charge is -2.29. The Labute approximate surface area is 276 Å². The number of hydrogen-bond acceptors (Lipinski definition) is 7. The number of ketones is 2. The van der Waals surface area contributed by atoms with Gasteiger partial charge < -0.3 is 44.7 Å². The molecule has 46 heavy (non-hydrogen) atoms. The molecule has 278 valence electrons. The van der Waals surface area contributed by atoms with Crippen molar-refractivity contribution in [3.63, 3.8) is 0 Å². The van der Waals surface area contributed by atoms with Crippen molar-refractivity contribution in [2.75, 3.05) is 6.61 Å². The molecule has 0 saturated carbocycles. The summed E-state index contributed by atoms with van der Waals surface area (Å²) in [6, 6.07) is 0. The van der Waals surface area contributed by atoms with Crippen molar-refractivity contribution in [2.24, 2.45) is 0 Å². The Morgan fingerprint density at radius 1 is 0.500 bits per heavy atom. The molecule has 0 spiro atoms. The second-order valence-electron chi connectivity index (χ2n) is 11.9. The first-order valence-electron chi connectivity index (χ1n) is 17.1. The smallest absolute Gasteiger partial charge is 0.394 e. The van der Waals surface area contributed by atoms with Gasteiger partial charge in [-0.2, -0.15) is 0 Å². The summed E-state index contributed by atoms with van der Waals surface area (Å²) < 4.78 is 17.8. The normalized spacial score (nSPS) is 12.5. The highest BCUT2D eigenvalue weighted by Gasteiger charge is 2.48. The molecule has 0 aliphatic carbocycles. The zero-order chi connectivity index (χ0) is 35.9. The van der Waals surface area contributed by atoms with Crippen LogP contribution < -0.4 is 0 Å². The van der Waals surface area contributed by atoms with E-state index in [0.29, 0.717) is 12.8 Å². The number of aliphatic hydroxyl groups is 3. The van der Waals surface area contributed by atoms with Crippen molar-refractivity contribution in [1.82, 2.24) is 0 Å². The van der Waals surface area contributed by atoms with Gasteiger partial charge in [-0.25, -0.2) is 9.13 Å². The van der Waals surface area contributed by atoms with Crippen molar-refractivity contribution in [3.05, 3.63) is 0 Å². The summed E-state index contributed by atoms with van der Waals surface area (Å²) in [6.07, 6.45) is 23.7. The number of hydrogen-bond donors (Lipinski definition) is 9. The average molecular weight is 709 g/mol. The Balaban J connectivity index is -0.00000159. The second-order valence-corrected chi connectivity index (χ2v) is 14.0. The topological polar surface area (TPSA) is 250 Å². The number of aliphatic hydroxyl groups excluding tert-OH is 2. The SMILES string of the molecule is CCCCCCCCCCCCCC(=O)C(O)(C(=O)CCCCCCCCCCCCC)C(O)CO.O=P(O)(O)O.O=P(O)(O)O. The zero-order valence-corrected chi connectivity index (χ0v) is 30.1. The molecule has 1 atom stereocenters. The zero-order valence-electron chi connectivity index (χ0n) is 28.3. The molecular weight excluding hydrogens is 642 g/mol. The highest BCUT2D eigenvalue weighted by Crippen LogP contribution is 2.26. The van der Waals surface area contributed by atoms with Crippen LogP contribution in [0, 0.1) is 0 Å². The Kier molecular flexibility index (Phi) is 34.3. The molecule has 0 saturated heterocycles. The first-order chi connectivity index (χ1) is 21.4. The van der Waals surface area contributed by atoms with E-state index in [1.807, 2.05) is 0 Å². The van der Waals surface area contributed by atoms with Crippen LogP contribution in [0.1, 0.15) is 168 Å². The maximum absolute atomic E-state index is 12.7. The van der Waals surface area contributed by atoms with Crippen LogP contribution in [-0.4, -0.2) is 74.6 Å². The molecule has 0 rings (SSSR count). The highest BCUT2D eigenvalue weighted by atomic mass is 31.2. The van der Waals surface area contributed by atoms with Gasteiger partial charge in [-0.1, -0.05) is 142 Å². The number of phosphoric acid groups is 2. The molecule has 0 bridgehead atoms. The summed E-state index contributed by atoms with van der Waals surface area (Å²) >= 11 is 0. The van der Waals surface area contributed by atoms with Crippen LogP contribution >= 0.6 is 15.6 Å². The summed E-state index contributed by atoms with van der Waals surface area (Å²) in [5.41, 5.74) is -2.47. The van der Waals surface area contributed by atoms with E-state index in [2.05, 4.69) is 13.8 Å². The third kappa shape index (κ3) is 37.9. The van der Waals surface area contributed by atoms with E-state index in [1.54, 1.807) is 0 Å². The molecule has 0 heterocycles. The first kappa shape index (κ1) is 49.8. The summed E-state index contributed by atoms with van der Waals surface area (Å²) in [4.78, 5) is 68.6. The van der Waals surface area contributed by atoms with Crippen LogP contribution in [0.4, 0.5) is 0 Å². The van der Waals surface area contributed by atoms with Crippen LogP contribution in [0.3, 0.4) is 0 Å². The lowest BCUT2D eigenvalue weighted by molar-refractivity contribution is -0.166. The molecule has 1 unspecified atom stereocenters. The summed E-state index contributed by atoms with van der Waals surface area (Å²) in [7, 11) is -9.28. The fourth-order valence-electron chi connectivity index (χ4n) is 4.94. The van der Waals surface area contributed by atoms with Crippen LogP contribution in [-0.2, 0) is 18.7 Å². The van der Waals surface area contributed by atoms with Crippen LogP contribution in [0.15, 0.2) is 0 Å². The van der Waals surface area contributed by atoms with Gasteiger partial charge in [0.05, 0.1) is 6.61 Å². The third-order valence-corrected chi connectivity index (χ3v) is 7.52. The fourth-order valence-corrected chi connectivity index (χ4v) is 4.94. The fraction of sp³-hybridized carbons (Fsp3) is 0.935. The van der Waals surface area contributed by atoms with E-state index < -0.39 is 45.5 Å². The van der Waals surface area contributed by atoms with Crippen LogP contribution in [0.5, 0.6) is 0 Å². The Hall–Kier alpha value is -0.560. The molecule has 0 aromatic heterocycles. The quantitative estimate of drug-likeness (QED) is 0.0267. The largest absolute Gasteiger partial charge is 0.466 e. The predicted molar refractivity (Wildman–Crippen MR) is 179 cm³/mol. The van der Waals surface area contributed by atoms with Gasteiger partial charge in [-0.05, 0) is 12.8 Å². The minimum Gasteiger partial charge on any atom is -0.394 e. The van der Waals surface area contributed by atoms with E-state index in [9.17, 15) is 24.9 Å². The molecule has 0 amide bonds. The Morgan fingerprint density at radius 3 is 0.891 bits per heavy atom. The minimum absolute atomic E-state index is 0.0641. The van der Waals surface area contributed by atoms with Crippen molar-refractivity contribution in [1.29, 1.82) is 0 Å². The molecule has 0 aliphatic rings. The molecule has 0 radical (unpaired) electrons. The third-order valence-electron chi connectivity index (χ3n) is 7.52. The van der Waals surface area contributed by atoms with Gasteiger partial charge in [0.25, 0.3) is 0 Å². The molecule has 0 aromatic carbocycles. The second kappa shape index (κ2) is 31.7. The minimum atomic E-state index is -4.64. The molecule has 9 N–H and O–H groups in total. The van der Waals surface area contributed by atoms with Crippen molar-refractivity contribution in [2.45, 2.75) is 180 Å². The van der Waals surface area contributed by atoms with Gasteiger partial charge in [0.2, 0.25) is 5.60 Å². The number of rotatable bonds is 28. The van der Waals surface area contributed by atoms with E-state index in [4.69, 9.17) is 38.5 Å². The Bertz CT molecular complexity index is 740. The van der Waals surface area contributed by atoms with Crippen molar-refractivity contribution >= 4 is 27.2 Å². The summed E-state index contributed by atoms with van der Waals surface area (Å²) in [5, 5.41) is 30.3. The standard InChI is InChI=1S/C31H60O5.2H3O4P/c1-3-5-7-9-11-13-15-17-19-21-23-25-28(33)31(36,30(35)27-32)29(34)26-24-22-20-18-16-14-12-10-8-6-4-2;2*1-5(2,3)4/h30,32,35-36H,3-27H2,1-2H3;2*(H3,1,2,3,4). The summed E-state index contributed by atoms with van der Waals surface area (Å²) in [6.45, 7) is 3.65. The van der Waals surface area contributed by atoms with E-state index in [1.165, 1.54) is 89.9 Å². The number of Topliss-reactive ketones (excluding diaryl/α,β-unsaturated/α-hetero) is 2. The monoisotopic (exact) mass is 708 g/mol. The molecule has 0 fully saturated rings. The van der Waals surface area contributed by atoms with E-state index in [-0.39, 0.29) is 12.8 Å². The molecule has 0 aromatic rings. The summed E-state index contributed by atoms with van der Waals surface area (Å²) in [5.74, 6) is -1.29.